The van der Waals surface area contributed by atoms with E-state index in [1.54, 1.807) is 7.11 Å². The van der Waals surface area contributed by atoms with Crippen molar-refractivity contribution in [2.75, 3.05) is 13.7 Å². The number of methoxy groups -OCH3 is 1. The summed E-state index contributed by atoms with van der Waals surface area (Å²) in [6.45, 7) is 1.66. The number of thiophene rings is 1. The average molecular weight is 341 g/mol. The van der Waals surface area contributed by atoms with E-state index >= 15 is 0 Å². The van der Waals surface area contributed by atoms with Crippen LogP contribution in [0.1, 0.15) is 46.7 Å². The maximum absolute atomic E-state index is 12.8. The molecule has 1 aromatic carbocycles. The fourth-order valence-corrected chi connectivity index (χ4v) is 4.92. The van der Waals surface area contributed by atoms with Gasteiger partial charge in [0.1, 0.15) is 5.75 Å². The molecule has 4 rings (SSSR count). The standard InChI is InChI=1S/C20H23NO2S/c1-23-17-5-6-18-14(11-17)3-2-4-15(18)12-20(22)21-9-7-19-16(13-21)8-10-24-19/h5-6,8,10-11,15H,2-4,7,9,12-13H2,1H3. The quantitative estimate of drug-likeness (QED) is 0.839. The van der Waals surface area contributed by atoms with Crippen LogP contribution in [0.2, 0.25) is 0 Å². The van der Waals surface area contributed by atoms with Gasteiger partial charge in [0.05, 0.1) is 7.11 Å². The molecular formula is C20H23NO2S. The zero-order valence-corrected chi connectivity index (χ0v) is 14.9. The molecule has 0 radical (unpaired) electrons. The molecule has 24 heavy (non-hydrogen) atoms. The number of nitrogens with zero attached hydrogens (tertiary/aromatic N) is 1. The van der Waals surface area contributed by atoms with Gasteiger partial charge in [-0.05, 0) is 71.9 Å². The van der Waals surface area contributed by atoms with Crippen molar-refractivity contribution in [3.8, 4) is 5.75 Å². The highest BCUT2D eigenvalue weighted by atomic mass is 32.1. The molecule has 2 aromatic rings. The van der Waals surface area contributed by atoms with Crippen LogP contribution in [-0.2, 0) is 24.2 Å². The van der Waals surface area contributed by atoms with Gasteiger partial charge in [-0.25, -0.2) is 0 Å². The van der Waals surface area contributed by atoms with Crippen LogP contribution in [0.5, 0.6) is 5.75 Å². The summed E-state index contributed by atoms with van der Waals surface area (Å²) >= 11 is 1.82. The van der Waals surface area contributed by atoms with Crippen molar-refractivity contribution in [2.24, 2.45) is 0 Å². The SMILES string of the molecule is COc1ccc2c(c1)CCCC2CC(=O)N1CCc2sccc2C1. The van der Waals surface area contributed by atoms with Gasteiger partial charge in [0.15, 0.2) is 0 Å². The number of carbonyl (C=O) groups excluding carboxylic acids is 1. The Bertz CT molecular complexity index is 752. The summed E-state index contributed by atoms with van der Waals surface area (Å²) in [7, 11) is 1.71. The molecule has 4 heteroatoms. The Balaban J connectivity index is 1.47. The molecule has 0 N–H and O–H groups in total. The first-order chi connectivity index (χ1) is 11.7. The van der Waals surface area contributed by atoms with Gasteiger partial charge in [0.25, 0.3) is 0 Å². The fraction of sp³-hybridized carbons (Fsp3) is 0.450. The van der Waals surface area contributed by atoms with Crippen LogP contribution >= 0.6 is 11.3 Å². The van der Waals surface area contributed by atoms with Crippen molar-refractivity contribution in [3.63, 3.8) is 0 Å². The minimum Gasteiger partial charge on any atom is -0.497 e. The predicted octanol–water partition coefficient (Wildman–Crippen LogP) is 4.15. The summed E-state index contributed by atoms with van der Waals surface area (Å²) in [5.74, 6) is 1.58. The molecule has 1 atom stereocenters. The van der Waals surface area contributed by atoms with Gasteiger partial charge in [-0.15, -0.1) is 11.3 Å². The number of benzene rings is 1. The molecule has 1 aliphatic carbocycles. The minimum atomic E-state index is 0.306. The Morgan fingerprint density at radius 1 is 1.29 bits per heavy atom. The second kappa shape index (κ2) is 6.60. The van der Waals surface area contributed by atoms with E-state index in [0.717, 1.165) is 44.5 Å². The summed E-state index contributed by atoms with van der Waals surface area (Å²) in [4.78, 5) is 16.3. The molecule has 0 saturated carbocycles. The van der Waals surface area contributed by atoms with Gasteiger partial charge in [0, 0.05) is 24.4 Å². The molecule has 1 aromatic heterocycles. The number of hydrogen-bond donors (Lipinski definition) is 0. The van der Waals surface area contributed by atoms with Gasteiger partial charge in [0.2, 0.25) is 5.91 Å². The first-order valence-corrected chi connectivity index (χ1v) is 9.62. The highest BCUT2D eigenvalue weighted by Crippen LogP contribution is 2.36. The first kappa shape index (κ1) is 15.7. The van der Waals surface area contributed by atoms with E-state index < -0.39 is 0 Å². The van der Waals surface area contributed by atoms with Crippen LogP contribution < -0.4 is 4.74 Å². The van der Waals surface area contributed by atoms with Crippen LogP contribution in [0, 0.1) is 0 Å². The van der Waals surface area contributed by atoms with Crippen LogP contribution in [-0.4, -0.2) is 24.5 Å². The van der Waals surface area contributed by atoms with Crippen molar-refractivity contribution in [1.29, 1.82) is 0 Å². The van der Waals surface area contributed by atoms with Gasteiger partial charge in [-0.1, -0.05) is 6.07 Å². The maximum Gasteiger partial charge on any atom is 0.223 e. The Morgan fingerprint density at radius 2 is 2.21 bits per heavy atom. The second-order valence-electron chi connectivity index (χ2n) is 6.79. The Hall–Kier alpha value is -1.81. The zero-order valence-electron chi connectivity index (χ0n) is 14.1. The summed E-state index contributed by atoms with van der Waals surface area (Å²) in [6, 6.07) is 8.50. The van der Waals surface area contributed by atoms with Gasteiger partial charge in [-0.2, -0.15) is 0 Å². The Kier molecular flexibility index (Phi) is 4.31. The highest BCUT2D eigenvalue weighted by molar-refractivity contribution is 7.10. The third-order valence-corrected chi connectivity index (χ3v) is 6.39. The van der Waals surface area contributed by atoms with Gasteiger partial charge >= 0.3 is 0 Å². The van der Waals surface area contributed by atoms with Crippen molar-refractivity contribution in [2.45, 2.75) is 44.6 Å². The molecule has 1 aliphatic heterocycles. The van der Waals surface area contributed by atoms with E-state index in [0.29, 0.717) is 18.2 Å². The molecule has 0 spiro atoms. The van der Waals surface area contributed by atoms with Crippen LogP contribution in [0.15, 0.2) is 29.6 Å². The van der Waals surface area contributed by atoms with Crippen molar-refractivity contribution < 1.29 is 9.53 Å². The molecule has 126 valence electrons. The zero-order chi connectivity index (χ0) is 16.5. The Labute approximate surface area is 147 Å². The lowest BCUT2D eigenvalue weighted by Gasteiger charge is -2.31. The molecule has 0 bridgehead atoms. The lowest BCUT2D eigenvalue weighted by molar-refractivity contribution is -0.132. The average Bonchev–Trinajstić information content (AvgIpc) is 3.09. The van der Waals surface area contributed by atoms with E-state index in [1.807, 2.05) is 22.3 Å². The van der Waals surface area contributed by atoms with Crippen LogP contribution in [0.25, 0.3) is 0 Å². The normalized spacial score (nSPS) is 19.5. The molecule has 2 aliphatic rings. The topological polar surface area (TPSA) is 29.5 Å². The third kappa shape index (κ3) is 2.95. The minimum absolute atomic E-state index is 0.306. The summed E-state index contributed by atoms with van der Waals surface area (Å²) < 4.78 is 5.34. The summed E-state index contributed by atoms with van der Waals surface area (Å²) in [5, 5.41) is 2.14. The van der Waals surface area contributed by atoms with Crippen molar-refractivity contribution >= 4 is 17.2 Å². The van der Waals surface area contributed by atoms with Gasteiger partial charge in [-0.3, -0.25) is 4.79 Å². The monoisotopic (exact) mass is 341 g/mol. The van der Waals surface area contributed by atoms with Crippen LogP contribution in [0.3, 0.4) is 0 Å². The van der Waals surface area contributed by atoms with E-state index in [1.165, 1.54) is 21.6 Å². The molecule has 1 amide bonds. The number of ether oxygens (including phenoxy) is 1. The predicted molar refractivity (Wildman–Crippen MR) is 96.7 cm³/mol. The molecule has 1 unspecified atom stereocenters. The molecule has 2 heterocycles. The second-order valence-corrected chi connectivity index (χ2v) is 7.79. The maximum atomic E-state index is 12.8. The number of aryl methyl sites for hydroxylation is 1. The number of rotatable bonds is 3. The lowest BCUT2D eigenvalue weighted by Crippen LogP contribution is -2.36. The van der Waals surface area contributed by atoms with E-state index in [9.17, 15) is 4.79 Å². The first-order valence-electron chi connectivity index (χ1n) is 8.74. The molecule has 0 fully saturated rings. The number of hydrogen-bond acceptors (Lipinski definition) is 3. The molecular weight excluding hydrogens is 318 g/mol. The largest absolute Gasteiger partial charge is 0.497 e. The fourth-order valence-electron chi connectivity index (χ4n) is 4.03. The third-order valence-electron chi connectivity index (χ3n) is 5.37. The number of carbonyl (C=O) groups is 1. The smallest absolute Gasteiger partial charge is 0.223 e. The van der Waals surface area contributed by atoms with Gasteiger partial charge < -0.3 is 9.64 Å². The van der Waals surface area contributed by atoms with E-state index in [-0.39, 0.29) is 0 Å². The number of amides is 1. The summed E-state index contributed by atoms with van der Waals surface area (Å²) in [5.41, 5.74) is 4.05. The van der Waals surface area contributed by atoms with E-state index in [2.05, 4.69) is 23.6 Å². The lowest BCUT2D eigenvalue weighted by atomic mass is 9.80. The number of fused-ring (bicyclic) bond motifs is 2. The summed E-state index contributed by atoms with van der Waals surface area (Å²) in [6.07, 6.45) is 5.02. The molecule has 3 nitrogen and oxygen atoms in total. The van der Waals surface area contributed by atoms with Crippen LogP contribution in [0.4, 0.5) is 0 Å². The van der Waals surface area contributed by atoms with E-state index in [4.69, 9.17) is 4.74 Å². The highest BCUT2D eigenvalue weighted by Gasteiger charge is 2.27. The van der Waals surface area contributed by atoms with Crippen molar-refractivity contribution in [1.82, 2.24) is 4.90 Å². The molecule has 0 saturated heterocycles. The Morgan fingerprint density at radius 3 is 3.08 bits per heavy atom. The van der Waals surface area contributed by atoms with Crippen molar-refractivity contribution in [3.05, 3.63) is 51.2 Å².